The number of aryl methyl sites for hydroxylation is 1. The molecule has 1 aliphatic heterocycles. The maximum Gasteiger partial charge on any atom is 0.191 e. The topological polar surface area (TPSA) is 67.1 Å². The molecular formula is C17H23FN6. The van der Waals surface area contributed by atoms with Gasteiger partial charge in [-0.3, -0.25) is 0 Å². The number of nitrogens with zero attached hydrogens (tertiary/aromatic N) is 4. The summed E-state index contributed by atoms with van der Waals surface area (Å²) in [5.74, 6) is 2.39. The second-order valence-electron chi connectivity index (χ2n) is 5.78. The zero-order chi connectivity index (χ0) is 16.8. The number of nitrogens with one attached hydrogen (secondary N) is 2. The molecule has 0 bridgehead atoms. The number of hydrogen-bond donors (Lipinski definition) is 2. The molecule has 0 atom stereocenters. The van der Waals surface area contributed by atoms with Crippen molar-refractivity contribution in [1.29, 1.82) is 0 Å². The van der Waals surface area contributed by atoms with Gasteiger partial charge in [0, 0.05) is 25.1 Å². The Morgan fingerprint density at radius 3 is 2.96 bits per heavy atom. The summed E-state index contributed by atoms with van der Waals surface area (Å²) in [4.78, 5) is 4.45. The minimum absolute atomic E-state index is 0.233. The maximum absolute atomic E-state index is 13.7. The van der Waals surface area contributed by atoms with Crippen molar-refractivity contribution in [2.24, 2.45) is 4.99 Å². The predicted octanol–water partition coefficient (Wildman–Crippen LogP) is 2.01. The van der Waals surface area contributed by atoms with Crippen LogP contribution in [0.4, 0.5) is 4.39 Å². The zero-order valence-corrected chi connectivity index (χ0v) is 13.9. The number of guanidine groups is 1. The summed E-state index contributed by atoms with van der Waals surface area (Å²) in [5, 5.41) is 14.9. The third-order valence-corrected chi connectivity index (χ3v) is 4.06. The molecule has 0 saturated carbocycles. The van der Waals surface area contributed by atoms with E-state index >= 15 is 0 Å². The van der Waals surface area contributed by atoms with Gasteiger partial charge in [0.05, 0.1) is 13.1 Å². The Morgan fingerprint density at radius 2 is 2.12 bits per heavy atom. The Labute approximate surface area is 141 Å². The van der Waals surface area contributed by atoms with E-state index in [0.29, 0.717) is 24.6 Å². The molecule has 0 spiro atoms. The summed E-state index contributed by atoms with van der Waals surface area (Å²) >= 11 is 0. The van der Waals surface area contributed by atoms with Gasteiger partial charge in [-0.15, -0.1) is 10.2 Å². The van der Waals surface area contributed by atoms with E-state index in [9.17, 15) is 4.39 Å². The lowest BCUT2D eigenvalue weighted by atomic mass is 10.2. The highest BCUT2D eigenvalue weighted by Gasteiger charge is 2.15. The van der Waals surface area contributed by atoms with Gasteiger partial charge in [-0.2, -0.15) is 0 Å². The molecule has 1 aromatic carbocycles. The highest BCUT2D eigenvalue weighted by atomic mass is 19.1. The number of aromatic nitrogens is 3. The molecule has 1 aliphatic rings. The summed E-state index contributed by atoms with van der Waals surface area (Å²) in [6.45, 7) is 4.55. The lowest BCUT2D eigenvalue weighted by Crippen LogP contribution is -2.37. The van der Waals surface area contributed by atoms with Gasteiger partial charge in [0.1, 0.15) is 11.6 Å². The van der Waals surface area contributed by atoms with Crippen LogP contribution in [0.3, 0.4) is 0 Å². The van der Waals surface area contributed by atoms with Crippen molar-refractivity contribution in [1.82, 2.24) is 25.4 Å². The van der Waals surface area contributed by atoms with Crippen LogP contribution in [-0.2, 0) is 26.1 Å². The number of halogens is 1. The van der Waals surface area contributed by atoms with Crippen LogP contribution in [0.2, 0.25) is 0 Å². The van der Waals surface area contributed by atoms with Gasteiger partial charge >= 0.3 is 0 Å². The standard InChI is InChI=1S/C17H23FN6/c1-2-19-17(20-11-13-7-3-4-8-14(13)18)21-12-16-23-22-15-9-5-6-10-24(15)16/h3-4,7-8H,2,5-6,9-12H2,1H3,(H2,19,20,21). The van der Waals surface area contributed by atoms with Gasteiger partial charge in [-0.05, 0) is 25.8 Å². The van der Waals surface area contributed by atoms with Crippen LogP contribution < -0.4 is 10.6 Å². The molecule has 2 aromatic rings. The fraction of sp³-hybridized carbons (Fsp3) is 0.471. The minimum atomic E-state index is -0.233. The number of benzene rings is 1. The Balaban J connectivity index is 1.64. The summed E-state index contributed by atoms with van der Waals surface area (Å²) < 4.78 is 15.9. The summed E-state index contributed by atoms with van der Waals surface area (Å²) in [6.07, 6.45) is 3.34. The van der Waals surface area contributed by atoms with Gasteiger partial charge in [0.25, 0.3) is 0 Å². The van der Waals surface area contributed by atoms with E-state index in [2.05, 4.69) is 30.4 Å². The van der Waals surface area contributed by atoms with Crippen molar-refractivity contribution in [3.63, 3.8) is 0 Å². The fourth-order valence-corrected chi connectivity index (χ4v) is 2.79. The lowest BCUT2D eigenvalue weighted by Gasteiger charge is -2.16. The SMILES string of the molecule is CCNC(=NCc1ccccc1F)NCc1nnc2n1CCCC2. The van der Waals surface area contributed by atoms with Crippen LogP contribution in [0.5, 0.6) is 0 Å². The van der Waals surface area contributed by atoms with Crippen LogP contribution in [-0.4, -0.2) is 27.3 Å². The van der Waals surface area contributed by atoms with E-state index in [4.69, 9.17) is 0 Å². The zero-order valence-electron chi connectivity index (χ0n) is 13.9. The molecule has 24 heavy (non-hydrogen) atoms. The van der Waals surface area contributed by atoms with Crippen molar-refractivity contribution in [2.75, 3.05) is 6.54 Å². The highest BCUT2D eigenvalue weighted by Crippen LogP contribution is 2.14. The van der Waals surface area contributed by atoms with Gasteiger partial charge in [-0.25, -0.2) is 9.38 Å². The number of fused-ring (bicyclic) bond motifs is 1. The van der Waals surface area contributed by atoms with Crippen molar-refractivity contribution in [2.45, 2.75) is 45.8 Å². The predicted molar refractivity (Wildman–Crippen MR) is 91.0 cm³/mol. The first-order valence-corrected chi connectivity index (χ1v) is 8.44. The molecular weight excluding hydrogens is 307 g/mol. The third kappa shape index (κ3) is 3.90. The molecule has 2 heterocycles. The van der Waals surface area contributed by atoms with Gasteiger partial charge in [0.2, 0.25) is 0 Å². The van der Waals surface area contributed by atoms with Gasteiger partial charge in [-0.1, -0.05) is 18.2 Å². The van der Waals surface area contributed by atoms with Crippen molar-refractivity contribution in [3.05, 3.63) is 47.3 Å². The van der Waals surface area contributed by atoms with E-state index in [1.807, 2.05) is 13.0 Å². The monoisotopic (exact) mass is 330 g/mol. The average Bonchev–Trinajstić information content (AvgIpc) is 3.02. The Bertz CT molecular complexity index is 709. The van der Waals surface area contributed by atoms with E-state index in [1.54, 1.807) is 12.1 Å². The molecule has 0 saturated heterocycles. The van der Waals surface area contributed by atoms with Crippen LogP contribution >= 0.6 is 0 Å². The van der Waals surface area contributed by atoms with Gasteiger partial charge in [0.15, 0.2) is 11.8 Å². The molecule has 2 N–H and O–H groups in total. The molecule has 0 fully saturated rings. The molecule has 7 heteroatoms. The summed E-state index contributed by atoms with van der Waals surface area (Å²) in [5.41, 5.74) is 0.578. The maximum atomic E-state index is 13.7. The number of hydrogen-bond acceptors (Lipinski definition) is 3. The number of aliphatic imine (C=N–C) groups is 1. The molecule has 128 valence electrons. The summed E-state index contributed by atoms with van der Waals surface area (Å²) in [6, 6.07) is 6.70. The molecule has 0 unspecified atom stereocenters. The quantitative estimate of drug-likeness (QED) is 0.650. The minimum Gasteiger partial charge on any atom is -0.357 e. The first kappa shape index (κ1) is 16.4. The highest BCUT2D eigenvalue weighted by molar-refractivity contribution is 5.79. The second kappa shape index (κ2) is 7.90. The first-order chi connectivity index (χ1) is 11.8. The van der Waals surface area contributed by atoms with Crippen LogP contribution in [0.15, 0.2) is 29.3 Å². The molecule has 0 aliphatic carbocycles. The van der Waals surface area contributed by atoms with E-state index < -0.39 is 0 Å². The first-order valence-electron chi connectivity index (χ1n) is 8.44. The average molecular weight is 330 g/mol. The van der Waals surface area contributed by atoms with E-state index in [-0.39, 0.29) is 5.82 Å². The molecule has 3 rings (SSSR count). The lowest BCUT2D eigenvalue weighted by molar-refractivity contribution is 0.504. The third-order valence-electron chi connectivity index (χ3n) is 4.06. The van der Waals surface area contributed by atoms with Crippen LogP contribution in [0, 0.1) is 5.82 Å². The number of rotatable bonds is 5. The molecule has 6 nitrogen and oxygen atoms in total. The molecule has 1 aromatic heterocycles. The summed E-state index contributed by atoms with van der Waals surface area (Å²) in [7, 11) is 0. The fourth-order valence-electron chi connectivity index (χ4n) is 2.79. The molecule has 0 amide bonds. The van der Waals surface area contributed by atoms with Crippen molar-refractivity contribution >= 4 is 5.96 Å². The van der Waals surface area contributed by atoms with Crippen LogP contribution in [0.1, 0.15) is 37.0 Å². The van der Waals surface area contributed by atoms with E-state index in [1.165, 1.54) is 18.9 Å². The van der Waals surface area contributed by atoms with Crippen LogP contribution in [0.25, 0.3) is 0 Å². The second-order valence-corrected chi connectivity index (χ2v) is 5.78. The smallest absolute Gasteiger partial charge is 0.191 e. The Morgan fingerprint density at radius 1 is 1.25 bits per heavy atom. The largest absolute Gasteiger partial charge is 0.357 e. The Hall–Kier alpha value is -2.44. The van der Waals surface area contributed by atoms with Gasteiger partial charge < -0.3 is 15.2 Å². The van der Waals surface area contributed by atoms with E-state index in [0.717, 1.165) is 31.2 Å². The normalized spacial score (nSPS) is 14.3. The van der Waals surface area contributed by atoms with Crippen molar-refractivity contribution in [3.8, 4) is 0 Å². The Kier molecular flexibility index (Phi) is 5.40. The molecule has 0 radical (unpaired) electrons. The van der Waals surface area contributed by atoms with Crippen molar-refractivity contribution < 1.29 is 4.39 Å².